The molecule has 0 amide bonds. The van der Waals surface area contributed by atoms with Crippen molar-refractivity contribution >= 4 is 27.4 Å². The number of aromatic nitrogens is 3. The van der Waals surface area contributed by atoms with Crippen molar-refractivity contribution in [3.05, 3.63) is 36.0 Å². The van der Waals surface area contributed by atoms with Crippen LogP contribution in [-0.2, 0) is 0 Å². The summed E-state index contributed by atoms with van der Waals surface area (Å²) in [7, 11) is 0. The zero-order chi connectivity index (χ0) is 14.9. The topological polar surface area (TPSA) is 62.7 Å². The number of hydrogen-bond acceptors (Lipinski definition) is 6. The lowest BCUT2D eigenvalue weighted by Gasteiger charge is -2.15. The summed E-state index contributed by atoms with van der Waals surface area (Å²) in [5.41, 5.74) is 1.77. The highest BCUT2D eigenvalue weighted by atomic mass is 32.1. The number of halogens is 1. The summed E-state index contributed by atoms with van der Waals surface area (Å²) in [4.78, 5) is 13.2. The summed E-state index contributed by atoms with van der Waals surface area (Å²) in [6.07, 6.45) is 2.51. The van der Waals surface area contributed by atoms with Crippen molar-refractivity contribution in [1.29, 1.82) is 0 Å². The predicted molar refractivity (Wildman–Crippen MR) is 85.8 cm³/mol. The monoisotopic (exact) mass is 315 g/mol. The van der Waals surface area contributed by atoms with Gasteiger partial charge in [-0.15, -0.1) is 11.3 Å². The second-order valence-electron chi connectivity index (χ2n) is 5.19. The minimum Gasteiger partial charge on any atom is -0.362 e. The number of fused-ring (bicyclic) bond motifs is 1. The molecule has 1 saturated heterocycles. The molecule has 1 aliphatic rings. The normalized spacial score (nSPS) is 21.3. The molecule has 1 aliphatic heterocycles. The molecule has 2 N–H and O–H groups in total. The minimum absolute atomic E-state index is 0.259. The van der Waals surface area contributed by atoms with Gasteiger partial charge in [0.2, 0.25) is 0 Å². The molecule has 1 fully saturated rings. The molecule has 3 aromatic heterocycles. The number of nitrogens with one attached hydrogen (secondary N) is 2. The molecule has 4 heterocycles. The Labute approximate surface area is 130 Å². The molecule has 2 atom stereocenters. The maximum absolute atomic E-state index is 13.8. The first-order valence-electron chi connectivity index (χ1n) is 7.08. The van der Waals surface area contributed by atoms with Crippen molar-refractivity contribution in [2.75, 3.05) is 18.4 Å². The molecule has 3 aromatic rings. The number of anilines is 1. The Balaban J connectivity index is 1.77. The molecule has 22 heavy (non-hydrogen) atoms. The molecule has 4 rings (SSSR count). The fourth-order valence-corrected chi connectivity index (χ4v) is 3.34. The van der Waals surface area contributed by atoms with Crippen molar-refractivity contribution in [2.24, 2.45) is 0 Å². The van der Waals surface area contributed by atoms with E-state index in [4.69, 9.17) is 0 Å². The molecule has 7 heteroatoms. The first kappa shape index (κ1) is 13.5. The maximum atomic E-state index is 13.8. The molecule has 5 nitrogen and oxygen atoms in total. The van der Waals surface area contributed by atoms with Gasteiger partial charge in [0.1, 0.15) is 12.0 Å². The summed E-state index contributed by atoms with van der Waals surface area (Å²) in [6, 6.07) is 5.43. The summed E-state index contributed by atoms with van der Waals surface area (Å²) in [5.74, 6) is 1.32. The van der Waals surface area contributed by atoms with E-state index in [0.717, 1.165) is 15.8 Å². The van der Waals surface area contributed by atoms with Gasteiger partial charge in [0.05, 0.1) is 16.3 Å². The quantitative estimate of drug-likeness (QED) is 0.777. The molecule has 0 aromatic carbocycles. The van der Waals surface area contributed by atoms with E-state index >= 15 is 0 Å². The van der Waals surface area contributed by atoms with Gasteiger partial charge in [-0.2, -0.15) is 0 Å². The van der Waals surface area contributed by atoms with Crippen LogP contribution in [0.15, 0.2) is 36.0 Å². The lowest BCUT2D eigenvalue weighted by molar-refractivity contribution is 0.342. The van der Waals surface area contributed by atoms with Gasteiger partial charge < -0.3 is 10.6 Å². The van der Waals surface area contributed by atoms with Crippen LogP contribution in [0.25, 0.3) is 21.6 Å². The molecular weight excluding hydrogens is 301 g/mol. The van der Waals surface area contributed by atoms with Gasteiger partial charge in [-0.3, -0.25) is 4.98 Å². The van der Waals surface area contributed by atoms with E-state index in [2.05, 4.69) is 25.6 Å². The third kappa shape index (κ3) is 2.42. The first-order valence-corrected chi connectivity index (χ1v) is 7.96. The lowest BCUT2D eigenvalue weighted by Crippen LogP contribution is -2.29. The molecular formula is C15H14FN5S. The van der Waals surface area contributed by atoms with E-state index in [1.54, 1.807) is 23.7 Å². The van der Waals surface area contributed by atoms with Crippen LogP contribution < -0.4 is 10.6 Å². The first-order chi connectivity index (χ1) is 10.8. The van der Waals surface area contributed by atoms with Crippen molar-refractivity contribution < 1.29 is 4.39 Å². The van der Waals surface area contributed by atoms with Crippen molar-refractivity contribution in [1.82, 2.24) is 20.3 Å². The number of nitrogens with zero attached hydrogens (tertiary/aromatic N) is 3. The van der Waals surface area contributed by atoms with Crippen molar-refractivity contribution in [3.63, 3.8) is 0 Å². The van der Waals surface area contributed by atoms with Crippen LogP contribution in [0.5, 0.6) is 0 Å². The fourth-order valence-electron chi connectivity index (χ4n) is 2.56. The maximum Gasteiger partial charge on any atom is 0.162 e. The van der Waals surface area contributed by atoms with Gasteiger partial charge in [-0.05, 0) is 23.6 Å². The molecule has 0 unspecified atom stereocenters. The fraction of sp³-hybridized carbons (Fsp3) is 0.267. The smallest absolute Gasteiger partial charge is 0.162 e. The molecule has 112 valence electrons. The van der Waals surface area contributed by atoms with Crippen molar-refractivity contribution in [3.8, 4) is 11.4 Å². The van der Waals surface area contributed by atoms with Crippen LogP contribution in [0.1, 0.15) is 0 Å². The molecule has 0 aliphatic carbocycles. The molecule has 0 radical (unpaired) electrons. The summed E-state index contributed by atoms with van der Waals surface area (Å²) >= 11 is 1.56. The second kappa shape index (κ2) is 5.58. The van der Waals surface area contributed by atoms with Gasteiger partial charge in [-0.25, -0.2) is 14.4 Å². The van der Waals surface area contributed by atoms with E-state index in [0.29, 0.717) is 24.7 Å². The zero-order valence-corrected chi connectivity index (χ0v) is 12.5. The second-order valence-corrected chi connectivity index (χ2v) is 6.11. The molecule has 0 bridgehead atoms. The van der Waals surface area contributed by atoms with Crippen LogP contribution in [0.4, 0.5) is 10.2 Å². The number of alkyl halides is 1. The summed E-state index contributed by atoms with van der Waals surface area (Å²) in [6.45, 7) is 0.982. The van der Waals surface area contributed by atoms with E-state index in [1.165, 1.54) is 0 Å². The van der Waals surface area contributed by atoms with E-state index in [-0.39, 0.29) is 6.04 Å². The van der Waals surface area contributed by atoms with Gasteiger partial charge in [0.15, 0.2) is 5.82 Å². The largest absolute Gasteiger partial charge is 0.362 e. The van der Waals surface area contributed by atoms with Gasteiger partial charge in [0, 0.05) is 31.0 Å². The zero-order valence-electron chi connectivity index (χ0n) is 11.7. The lowest BCUT2D eigenvalue weighted by atomic mass is 10.2. The van der Waals surface area contributed by atoms with E-state index in [9.17, 15) is 4.39 Å². The van der Waals surface area contributed by atoms with Crippen LogP contribution in [0, 0.1) is 0 Å². The van der Waals surface area contributed by atoms with E-state index in [1.807, 2.05) is 23.6 Å². The van der Waals surface area contributed by atoms with Gasteiger partial charge in [0.25, 0.3) is 0 Å². The third-order valence-corrected chi connectivity index (χ3v) is 4.61. The highest BCUT2D eigenvalue weighted by Gasteiger charge is 2.27. The van der Waals surface area contributed by atoms with E-state index < -0.39 is 6.17 Å². The third-order valence-electron chi connectivity index (χ3n) is 3.70. The Morgan fingerprint density at radius 1 is 1.18 bits per heavy atom. The highest BCUT2D eigenvalue weighted by molar-refractivity contribution is 7.17. The summed E-state index contributed by atoms with van der Waals surface area (Å²) < 4.78 is 14.8. The molecule has 0 saturated carbocycles. The number of thiophene rings is 1. The van der Waals surface area contributed by atoms with Crippen LogP contribution in [0.3, 0.4) is 0 Å². The average Bonchev–Trinajstić information content (AvgIpc) is 3.17. The Morgan fingerprint density at radius 2 is 2.05 bits per heavy atom. The van der Waals surface area contributed by atoms with Gasteiger partial charge >= 0.3 is 0 Å². The number of pyridine rings is 1. The Morgan fingerprint density at radius 3 is 2.82 bits per heavy atom. The standard InChI is InChI=1S/C15H14FN5S/c16-10-7-18-8-12(10)20-15-13-11(3-6-22-13)19-14(21-15)9-1-4-17-5-2-9/h1-6,10,12,18H,7-8H2,(H,19,20,21)/t10-,12-/m0/s1. The molecule has 0 spiro atoms. The Bertz CT molecular complexity index is 791. The minimum atomic E-state index is -0.908. The Hall–Kier alpha value is -2.12. The highest BCUT2D eigenvalue weighted by Crippen LogP contribution is 2.30. The summed E-state index contributed by atoms with van der Waals surface area (Å²) in [5, 5.41) is 8.25. The van der Waals surface area contributed by atoms with Crippen LogP contribution in [0.2, 0.25) is 0 Å². The Kier molecular flexibility index (Phi) is 3.44. The number of hydrogen-bond donors (Lipinski definition) is 2. The van der Waals surface area contributed by atoms with Gasteiger partial charge in [-0.1, -0.05) is 0 Å². The number of rotatable bonds is 3. The average molecular weight is 315 g/mol. The van der Waals surface area contributed by atoms with Crippen molar-refractivity contribution in [2.45, 2.75) is 12.2 Å². The van der Waals surface area contributed by atoms with Crippen LogP contribution >= 0.6 is 11.3 Å². The SMILES string of the molecule is F[C@H]1CNC[C@@H]1Nc1nc(-c2ccncc2)nc2ccsc12. The van der Waals surface area contributed by atoms with Crippen LogP contribution in [-0.4, -0.2) is 40.3 Å². The predicted octanol–water partition coefficient (Wildman–Crippen LogP) is 2.48.